The molecule has 2 amide bonds. The van der Waals surface area contributed by atoms with Crippen molar-refractivity contribution in [1.29, 1.82) is 0 Å². The van der Waals surface area contributed by atoms with E-state index in [0.29, 0.717) is 5.56 Å². The summed E-state index contributed by atoms with van der Waals surface area (Å²) in [7, 11) is 0. The van der Waals surface area contributed by atoms with Crippen LogP contribution in [0.4, 0.5) is 13.2 Å². The van der Waals surface area contributed by atoms with Crippen LogP contribution < -0.4 is 10.9 Å². The van der Waals surface area contributed by atoms with Crippen LogP contribution in [0.2, 0.25) is 0 Å². The minimum Gasteiger partial charge on any atom is -0.273 e. The molecular weight excluding hydrogens is 321 g/mol. The third-order valence-corrected chi connectivity index (χ3v) is 3.25. The Morgan fingerprint density at radius 1 is 1.00 bits per heavy atom. The van der Waals surface area contributed by atoms with Crippen LogP contribution in [0.1, 0.15) is 27.0 Å². The van der Waals surface area contributed by atoms with Gasteiger partial charge in [0.1, 0.15) is 0 Å². The molecule has 0 radical (unpaired) electrons. The third kappa shape index (κ3) is 4.84. The number of hydrazine groups is 1. The van der Waals surface area contributed by atoms with Crippen LogP contribution in [0.15, 0.2) is 48.5 Å². The summed E-state index contributed by atoms with van der Waals surface area (Å²) in [5.74, 6) is -1.12. The summed E-state index contributed by atoms with van der Waals surface area (Å²) in [5.41, 5.74) is 5.13. The summed E-state index contributed by atoms with van der Waals surface area (Å²) >= 11 is 0. The maximum atomic E-state index is 12.6. The first-order chi connectivity index (χ1) is 11.3. The second kappa shape index (κ2) is 7.16. The molecule has 0 unspecified atom stereocenters. The van der Waals surface area contributed by atoms with Gasteiger partial charge in [-0.1, -0.05) is 35.9 Å². The van der Waals surface area contributed by atoms with E-state index < -0.39 is 23.6 Å². The third-order valence-electron chi connectivity index (χ3n) is 3.25. The number of nitrogens with one attached hydrogen (secondary N) is 2. The van der Waals surface area contributed by atoms with E-state index in [1.54, 1.807) is 24.3 Å². The standard InChI is InChI=1S/C17H15F3N2O2/c1-11-5-7-13(8-6-11)16(24)22-21-15(23)10-12-3-2-4-14(9-12)17(18,19)20/h2-9H,10H2,1H3,(H,21,23)(H,22,24). The second-order valence-corrected chi connectivity index (χ2v) is 5.24. The smallest absolute Gasteiger partial charge is 0.273 e. The summed E-state index contributed by atoms with van der Waals surface area (Å²) in [6.45, 7) is 1.87. The molecule has 4 nitrogen and oxygen atoms in total. The Balaban J connectivity index is 1.92. The van der Waals surface area contributed by atoms with Gasteiger partial charge in [-0.15, -0.1) is 0 Å². The maximum Gasteiger partial charge on any atom is 0.416 e. The second-order valence-electron chi connectivity index (χ2n) is 5.24. The minimum atomic E-state index is -4.47. The molecular formula is C17H15F3N2O2. The summed E-state index contributed by atoms with van der Waals surface area (Å²) in [6, 6.07) is 11.2. The molecule has 0 heterocycles. The molecule has 2 N–H and O–H groups in total. The lowest BCUT2D eigenvalue weighted by Gasteiger charge is -2.10. The van der Waals surface area contributed by atoms with Gasteiger partial charge in [-0.3, -0.25) is 20.4 Å². The van der Waals surface area contributed by atoms with E-state index in [4.69, 9.17) is 0 Å². The Hall–Kier alpha value is -2.83. The molecule has 0 aliphatic carbocycles. The quantitative estimate of drug-likeness (QED) is 0.847. The van der Waals surface area contributed by atoms with Crippen molar-refractivity contribution in [3.8, 4) is 0 Å². The van der Waals surface area contributed by atoms with Crippen LogP contribution >= 0.6 is 0 Å². The summed E-state index contributed by atoms with van der Waals surface area (Å²) < 4.78 is 37.9. The zero-order valence-electron chi connectivity index (χ0n) is 12.8. The lowest BCUT2D eigenvalue weighted by Crippen LogP contribution is -2.42. The molecule has 7 heteroatoms. The summed E-state index contributed by atoms with van der Waals surface area (Å²) in [5, 5.41) is 0. The zero-order chi connectivity index (χ0) is 17.7. The fraction of sp³-hybridized carbons (Fsp3) is 0.176. The van der Waals surface area contributed by atoms with Gasteiger partial charge < -0.3 is 0 Å². The number of halogens is 3. The van der Waals surface area contributed by atoms with E-state index in [1.807, 2.05) is 6.92 Å². The van der Waals surface area contributed by atoms with Crippen molar-refractivity contribution in [2.75, 3.05) is 0 Å². The number of alkyl halides is 3. The minimum absolute atomic E-state index is 0.201. The molecule has 0 bridgehead atoms. The molecule has 0 atom stereocenters. The van der Waals surface area contributed by atoms with E-state index >= 15 is 0 Å². The fourth-order valence-electron chi connectivity index (χ4n) is 1.99. The fourth-order valence-corrected chi connectivity index (χ4v) is 1.99. The number of hydrogen-bond acceptors (Lipinski definition) is 2. The average molecular weight is 336 g/mol. The van der Waals surface area contributed by atoms with Crippen molar-refractivity contribution < 1.29 is 22.8 Å². The maximum absolute atomic E-state index is 12.6. The van der Waals surface area contributed by atoms with Crippen LogP contribution in [0, 0.1) is 6.92 Å². The number of hydrogen-bond donors (Lipinski definition) is 2. The van der Waals surface area contributed by atoms with Crippen molar-refractivity contribution in [1.82, 2.24) is 10.9 Å². The number of rotatable bonds is 3. The van der Waals surface area contributed by atoms with Crippen molar-refractivity contribution >= 4 is 11.8 Å². The number of amides is 2. The molecule has 2 aromatic carbocycles. The van der Waals surface area contributed by atoms with Crippen LogP contribution in [0.5, 0.6) is 0 Å². The number of benzene rings is 2. The van der Waals surface area contributed by atoms with Gasteiger partial charge in [0.05, 0.1) is 12.0 Å². The van der Waals surface area contributed by atoms with E-state index in [1.165, 1.54) is 12.1 Å². The van der Waals surface area contributed by atoms with Crippen molar-refractivity contribution in [2.45, 2.75) is 19.5 Å². The highest BCUT2D eigenvalue weighted by Gasteiger charge is 2.30. The monoisotopic (exact) mass is 336 g/mol. The number of carbonyl (C=O) groups excluding carboxylic acids is 2. The van der Waals surface area contributed by atoms with Gasteiger partial charge in [0.15, 0.2) is 0 Å². The summed E-state index contributed by atoms with van der Waals surface area (Å²) in [6.07, 6.45) is -4.75. The Bertz CT molecular complexity index is 740. The van der Waals surface area contributed by atoms with Crippen LogP contribution in [-0.2, 0) is 17.4 Å². The first-order valence-corrected chi connectivity index (χ1v) is 7.08. The predicted molar refractivity (Wildman–Crippen MR) is 81.9 cm³/mol. The van der Waals surface area contributed by atoms with Gasteiger partial charge in [-0.2, -0.15) is 13.2 Å². The molecule has 126 valence electrons. The molecule has 2 rings (SSSR count). The molecule has 0 saturated heterocycles. The van der Waals surface area contributed by atoms with Crippen molar-refractivity contribution in [3.63, 3.8) is 0 Å². The van der Waals surface area contributed by atoms with E-state index in [-0.39, 0.29) is 12.0 Å². The first-order valence-electron chi connectivity index (χ1n) is 7.08. The van der Waals surface area contributed by atoms with E-state index in [2.05, 4.69) is 10.9 Å². The van der Waals surface area contributed by atoms with Gasteiger partial charge >= 0.3 is 6.18 Å². The largest absolute Gasteiger partial charge is 0.416 e. The molecule has 0 aliphatic rings. The number of aryl methyl sites for hydroxylation is 1. The number of carbonyl (C=O) groups is 2. The van der Waals surface area contributed by atoms with Crippen molar-refractivity contribution in [3.05, 3.63) is 70.8 Å². The van der Waals surface area contributed by atoms with Gasteiger partial charge in [-0.25, -0.2) is 0 Å². The highest BCUT2D eigenvalue weighted by Crippen LogP contribution is 2.29. The SMILES string of the molecule is Cc1ccc(C(=O)NNC(=O)Cc2cccc(C(F)(F)F)c2)cc1. The highest BCUT2D eigenvalue weighted by molar-refractivity contribution is 5.95. The van der Waals surface area contributed by atoms with Crippen LogP contribution in [0.3, 0.4) is 0 Å². The average Bonchev–Trinajstić information content (AvgIpc) is 2.53. The Labute approximate surface area is 136 Å². The molecule has 0 fully saturated rings. The van der Waals surface area contributed by atoms with Gasteiger partial charge in [0.25, 0.3) is 5.91 Å². The van der Waals surface area contributed by atoms with Crippen LogP contribution in [0.25, 0.3) is 0 Å². The van der Waals surface area contributed by atoms with E-state index in [0.717, 1.165) is 17.7 Å². The molecule has 2 aromatic rings. The molecule has 24 heavy (non-hydrogen) atoms. The Kier molecular flexibility index (Phi) is 5.23. The van der Waals surface area contributed by atoms with Gasteiger partial charge in [-0.05, 0) is 30.7 Å². The molecule has 0 spiro atoms. The van der Waals surface area contributed by atoms with E-state index in [9.17, 15) is 22.8 Å². The Morgan fingerprint density at radius 2 is 1.67 bits per heavy atom. The Morgan fingerprint density at radius 3 is 2.29 bits per heavy atom. The predicted octanol–water partition coefficient (Wildman–Crippen LogP) is 3.02. The van der Waals surface area contributed by atoms with Crippen LogP contribution in [-0.4, -0.2) is 11.8 Å². The zero-order valence-corrected chi connectivity index (χ0v) is 12.8. The molecule has 0 saturated carbocycles. The topological polar surface area (TPSA) is 58.2 Å². The molecule has 0 aliphatic heterocycles. The van der Waals surface area contributed by atoms with Gasteiger partial charge in [0.2, 0.25) is 5.91 Å². The van der Waals surface area contributed by atoms with Gasteiger partial charge in [0, 0.05) is 5.56 Å². The normalized spacial score (nSPS) is 11.0. The highest BCUT2D eigenvalue weighted by atomic mass is 19.4. The first kappa shape index (κ1) is 17.5. The summed E-state index contributed by atoms with van der Waals surface area (Å²) in [4.78, 5) is 23.6. The lowest BCUT2D eigenvalue weighted by atomic mass is 10.1. The lowest BCUT2D eigenvalue weighted by molar-refractivity contribution is -0.137. The van der Waals surface area contributed by atoms with Crippen molar-refractivity contribution in [2.24, 2.45) is 0 Å². The molecule has 0 aromatic heterocycles.